The van der Waals surface area contributed by atoms with Gasteiger partial charge >= 0.3 is 5.97 Å². The molecule has 1 aromatic carbocycles. The van der Waals surface area contributed by atoms with Gasteiger partial charge in [0.25, 0.3) is 0 Å². The molecule has 0 amide bonds. The van der Waals surface area contributed by atoms with E-state index < -0.39 is 11.8 Å². The van der Waals surface area contributed by atoms with Crippen molar-refractivity contribution >= 4 is 11.8 Å². The highest BCUT2D eigenvalue weighted by Gasteiger charge is 2.13. The molecule has 0 unspecified atom stereocenters. The molecular weight excluding hydrogens is 276 g/mol. The van der Waals surface area contributed by atoms with Gasteiger partial charge in [0.15, 0.2) is 0 Å². The van der Waals surface area contributed by atoms with Crippen LogP contribution in [-0.2, 0) is 28.9 Å². The molecule has 1 N–H and O–H groups in total. The standard InChI is InChI=1S/C19H28O3/c1-3-5-7-9-15-11-16(10-8-6-4-2)13-17(12-15)14-18(20)19(21)22/h11-13H,3-10,14H2,1-2H3,(H,21,22). The highest BCUT2D eigenvalue weighted by atomic mass is 16.4. The topological polar surface area (TPSA) is 54.4 Å². The lowest BCUT2D eigenvalue weighted by atomic mass is 9.96. The number of benzene rings is 1. The van der Waals surface area contributed by atoms with Gasteiger partial charge in [-0.3, -0.25) is 4.79 Å². The van der Waals surface area contributed by atoms with E-state index in [-0.39, 0.29) is 6.42 Å². The predicted molar refractivity (Wildman–Crippen MR) is 89.2 cm³/mol. The van der Waals surface area contributed by atoms with E-state index in [0.29, 0.717) is 0 Å². The number of unbranched alkanes of at least 4 members (excludes halogenated alkanes) is 4. The van der Waals surface area contributed by atoms with E-state index in [4.69, 9.17) is 5.11 Å². The van der Waals surface area contributed by atoms with Crippen LogP contribution in [0.25, 0.3) is 0 Å². The van der Waals surface area contributed by atoms with Crippen LogP contribution in [0, 0.1) is 0 Å². The van der Waals surface area contributed by atoms with Gasteiger partial charge in [-0.2, -0.15) is 0 Å². The van der Waals surface area contributed by atoms with Crippen LogP contribution in [-0.4, -0.2) is 16.9 Å². The zero-order valence-electron chi connectivity index (χ0n) is 13.9. The average molecular weight is 304 g/mol. The van der Waals surface area contributed by atoms with Crippen molar-refractivity contribution < 1.29 is 14.7 Å². The SMILES string of the molecule is CCCCCc1cc(CCCCC)cc(CC(=O)C(=O)O)c1. The maximum atomic E-state index is 11.5. The first kappa shape index (κ1) is 18.4. The minimum absolute atomic E-state index is 0.00225. The van der Waals surface area contributed by atoms with Gasteiger partial charge in [0, 0.05) is 6.42 Å². The summed E-state index contributed by atoms with van der Waals surface area (Å²) in [6.45, 7) is 4.36. The van der Waals surface area contributed by atoms with E-state index >= 15 is 0 Å². The number of aryl methyl sites for hydroxylation is 2. The van der Waals surface area contributed by atoms with E-state index in [2.05, 4.69) is 19.9 Å². The van der Waals surface area contributed by atoms with Gasteiger partial charge in [0.05, 0.1) is 0 Å². The average Bonchev–Trinajstić information content (AvgIpc) is 2.47. The molecule has 22 heavy (non-hydrogen) atoms. The Bertz CT molecular complexity index is 463. The molecule has 3 nitrogen and oxygen atoms in total. The maximum Gasteiger partial charge on any atom is 0.372 e. The minimum atomic E-state index is -1.34. The minimum Gasteiger partial charge on any atom is -0.475 e. The summed E-state index contributed by atoms with van der Waals surface area (Å²) in [4.78, 5) is 22.2. The van der Waals surface area contributed by atoms with Crippen LogP contribution < -0.4 is 0 Å². The zero-order valence-corrected chi connectivity index (χ0v) is 13.9. The predicted octanol–water partition coefficient (Wildman–Crippen LogP) is 4.35. The Morgan fingerprint density at radius 1 is 0.818 bits per heavy atom. The van der Waals surface area contributed by atoms with Crippen molar-refractivity contribution in [3.05, 3.63) is 34.9 Å². The Kier molecular flexibility index (Phi) is 8.49. The third-order valence-corrected chi connectivity index (χ3v) is 3.85. The van der Waals surface area contributed by atoms with Crippen LogP contribution in [0.15, 0.2) is 18.2 Å². The fraction of sp³-hybridized carbons (Fsp3) is 0.579. The smallest absolute Gasteiger partial charge is 0.372 e. The molecule has 0 bridgehead atoms. The number of carbonyl (C=O) groups excluding carboxylic acids is 1. The first-order valence-corrected chi connectivity index (χ1v) is 8.44. The van der Waals surface area contributed by atoms with Gasteiger partial charge in [0.2, 0.25) is 5.78 Å². The Labute approximate surface area is 133 Å². The summed E-state index contributed by atoms with van der Waals surface area (Å²) in [6, 6.07) is 6.22. The Morgan fingerprint density at radius 3 is 1.68 bits per heavy atom. The number of aliphatic carboxylic acids is 1. The third-order valence-electron chi connectivity index (χ3n) is 3.85. The maximum absolute atomic E-state index is 11.5. The molecule has 3 heteroatoms. The van der Waals surface area contributed by atoms with Crippen LogP contribution in [0.1, 0.15) is 69.1 Å². The van der Waals surface area contributed by atoms with Crippen LogP contribution in [0.4, 0.5) is 0 Å². The van der Waals surface area contributed by atoms with Crippen LogP contribution in [0.3, 0.4) is 0 Å². The van der Waals surface area contributed by atoms with Crippen molar-refractivity contribution in [2.75, 3.05) is 0 Å². The summed E-state index contributed by atoms with van der Waals surface area (Å²) >= 11 is 0. The number of hydrogen-bond acceptors (Lipinski definition) is 2. The lowest BCUT2D eigenvalue weighted by molar-refractivity contribution is -0.148. The molecule has 0 heterocycles. The second-order valence-electron chi connectivity index (χ2n) is 5.98. The molecule has 0 aliphatic rings. The second-order valence-corrected chi connectivity index (χ2v) is 5.98. The quantitative estimate of drug-likeness (QED) is 0.488. The summed E-state index contributed by atoms with van der Waals surface area (Å²) in [5, 5.41) is 8.78. The van der Waals surface area contributed by atoms with Crippen molar-refractivity contribution in [2.24, 2.45) is 0 Å². The Balaban J connectivity index is 2.83. The highest BCUT2D eigenvalue weighted by molar-refractivity contribution is 6.33. The lowest BCUT2D eigenvalue weighted by Gasteiger charge is -2.09. The molecule has 0 atom stereocenters. The van der Waals surface area contributed by atoms with Gasteiger partial charge < -0.3 is 5.11 Å². The summed E-state index contributed by atoms with van der Waals surface area (Å²) in [6.07, 6.45) is 9.04. The summed E-state index contributed by atoms with van der Waals surface area (Å²) in [7, 11) is 0. The molecule has 1 aromatic rings. The molecule has 1 rings (SSSR count). The fourth-order valence-electron chi connectivity index (χ4n) is 2.65. The van der Waals surface area contributed by atoms with Crippen molar-refractivity contribution in [1.82, 2.24) is 0 Å². The lowest BCUT2D eigenvalue weighted by Crippen LogP contribution is -2.15. The summed E-state index contributed by atoms with van der Waals surface area (Å²) in [5.74, 6) is -2.07. The van der Waals surface area contributed by atoms with Crippen LogP contribution in [0.5, 0.6) is 0 Å². The molecule has 0 saturated carbocycles. The van der Waals surface area contributed by atoms with Gasteiger partial charge in [-0.05, 0) is 42.4 Å². The number of rotatable bonds is 11. The first-order chi connectivity index (χ1) is 10.6. The fourth-order valence-corrected chi connectivity index (χ4v) is 2.65. The molecule has 0 aliphatic carbocycles. The van der Waals surface area contributed by atoms with Crippen molar-refractivity contribution in [3.63, 3.8) is 0 Å². The van der Waals surface area contributed by atoms with E-state index in [1.165, 1.54) is 36.8 Å². The van der Waals surface area contributed by atoms with Gasteiger partial charge in [-0.1, -0.05) is 57.7 Å². The van der Waals surface area contributed by atoms with Crippen molar-refractivity contribution in [1.29, 1.82) is 0 Å². The van der Waals surface area contributed by atoms with E-state index in [1.54, 1.807) is 0 Å². The van der Waals surface area contributed by atoms with Crippen molar-refractivity contribution in [3.8, 4) is 0 Å². The second kappa shape index (κ2) is 10.1. The zero-order chi connectivity index (χ0) is 16.4. The van der Waals surface area contributed by atoms with Gasteiger partial charge in [-0.25, -0.2) is 4.79 Å². The van der Waals surface area contributed by atoms with E-state index in [1.807, 2.05) is 12.1 Å². The number of ketones is 1. The first-order valence-electron chi connectivity index (χ1n) is 8.44. The summed E-state index contributed by atoms with van der Waals surface area (Å²) < 4.78 is 0. The number of carboxylic acids is 1. The Morgan fingerprint density at radius 2 is 1.27 bits per heavy atom. The molecule has 0 fully saturated rings. The molecular formula is C19H28O3. The third kappa shape index (κ3) is 6.88. The number of Topliss-reactive ketones (excluding diaryl/α,β-unsaturated/α-hetero) is 1. The molecule has 0 spiro atoms. The molecule has 0 aliphatic heterocycles. The van der Waals surface area contributed by atoms with Gasteiger partial charge in [-0.15, -0.1) is 0 Å². The summed E-state index contributed by atoms with van der Waals surface area (Å²) in [5.41, 5.74) is 3.30. The molecule has 0 aromatic heterocycles. The monoisotopic (exact) mass is 304 g/mol. The normalized spacial score (nSPS) is 10.6. The largest absolute Gasteiger partial charge is 0.475 e. The van der Waals surface area contributed by atoms with E-state index in [0.717, 1.165) is 31.2 Å². The number of carboxylic acid groups (broad SMARTS) is 1. The van der Waals surface area contributed by atoms with Crippen LogP contribution >= 0.6 is 0 Å². The van der Waals surface area contributed by atoms with Crippen LogP contribution in [0.2, 0.25) is 0 Å². The molecule has 122 valence electrons. The van der Waals surface area contributed by atoms with Gasteiger partial charge in [0.1, 0.15) is 0 Å². The number of carbonyl (C=O) groups is 2. The molecule has 0 radical (unpaired) electrons. The number of hydrogen-bond donors (Lipinski definition) is 1. The van der Waals surface area contributed by atoms with Crippen molar-refractivity contribution in [2.45, 2.75) is 71.6 Å². The highest BCUT2D eigenvalue weighted by Crippen LogP contribution is 2.17. The van der Waals surface area contributed by atoms with E-state index in [9.17, 15) is 9.59 Å². The Hall–Kier alpha value is -1.64. The molecule has 0 saturated heterocycles.